The number of hydrogen-bond acceptors (Lipinski definition) is 4. The molecule has 0 aromatic heterocycles. The normalized spacial score (nSPS) is 14.2. The highest BCUT2D eigenvalue weighted by Crippen LogP contribution is 2.24. The molecule has 1 amide bonds. The number of carbonyl (C=O) groups is 1. The average molecular weight is 368 g/mol. The van der Waals surface area contributed by atoms with E-state index < -0.39 is 0 Å². The molecule has 0 bridgehead atoms. The zero-order chi connectivity index (χ0) is 19.4. The van der Waals surface area contributed by atoms with Gasteiger partial charge in [-0.25, -0.2) is 0 Å². The van der Waals surface area contributed by atoms with Gasteiger partial charge in [-0.3, -0.25) is 4.79 Å². The summed E-state index contributed by atoms with van der Waals surface area (Å²) < 4.78 is 11.0. The molecule has 5 heteroatoms. The molecule has 27 heavy (non-hydrogen) atoms. The molecule has 1 fully saturated rings. The monoisotopic (exact) mass is 368 g/mol. The molecule has 0 saturated carbocycles. The van der Waals surface area contributed by atoms with Crippen LogP contribution >= 0.6 is 0 Å². The van der Waals surface area contributed by atoms with E-state index in [4.69, 9.17) is 9.47 Å². The molecule has 0 atom stereocenters. The second-order valence-electron chi connectivity index (χ2n) is 7.06. The van der Waals surface area contributed by atoms with Gasteiger partial charge in [0, 0.05) is 31.9 Å². The number of aryl methyl sites for hydroxylation is 2. The quantitative estimate of drug-likeness (QED) is 0.812. The van der Waals surface area contributed by atoms with Gasteiger partial charge in [-0.1, -0.05) is 6.07 Å². The van der Waals surface area contributed by atoms with Crippen LogP contribution in [0.15, 0.2) is 36.4 Å². The van der Waals surface area contributed by atoms with Gasteiger partial charge in [-0.05, 0) is 67.8 Å². The maximum absolute atomic E-state index is 12.5. The molecule has 144 valence electrons. The minimum absolute atomic E-state index is 0.0444. The summed E-state index contributed by atoms with van der Waals surface area (Å²) in [6.45, 7) is 9.28. The molecule has 1 heterocycles. The van der Waals surface area contributed by atoms with Gasteiger partial charge in [0.25, 0.3) is 5.91 Å². The van der Waals surface area contributed by atoms with Crippen molar-refractivity contribution in [2.24, 2.45) is 0 Å². The fourth-order valence-electron chi connectivity index (χ4n) is 3.39. The van der Waals surface area contributed by atoms with Crippen LogP contribution in [0.2, 0.25) is 0 Å². The number of benzene rings is 2. The van der Waals surface area contributed by atoms with Gasteiger partial charge in [-0.15, -0.1) is 0 Å². The Labute approximate surface area is 161 Å². The molecular weight excluding hydrogens is 340 g/mol. The van der Waals surface area contributed by atoms with Crippen LogP contribution in [-0.2, 0) is 4.79 Å². The minimum Gasteiger partial charge on any atom is -0.497 e. The van der Waals surface area contributed by atoms with Crippen LogP contribution < -0.4 is 14.4 Å². The summed E-state index contributed by atoms with van der Waals surface area (Å²) in [6.07, 6.45) is 0. The molecule has 1 saturated heterocycles. The summed E-state index contributed by atoms with van der Waals surface area (Å²) in [5.74, 6) is 1.70. The molecule has 2 aromatic rings. The number of carbonyl (C=O) groups excluding carboxylic acids is 1. The molecule has 1 aliphatic heterocycles. The minimum atomic E-state index is 0.0444. The molecule has 1 aliphatic rings. The van der Waals surface area contributed by atoms with Gasteiger partial charge in [0.05, 0.1) is 7.11 Å². The lowest BCUT2D eigenvalue weighted by Gasteiger charge is -2.36. The first-order valence-corrected chi connectivity index (χ1v) is 9.35. The molecular formula is C22H28N2O3. The Kier molecular flexibility index (Phi) is 5.89. The third kappa shape index (κ3) is 4.54. The van der Waals surface area contributed by atoms with E-state index in [9.17, 15) is 4.79 Å². The van der Waals surface area contributed by atoms with Gasteiger partial charge in [0.1, 0.15) is 11.5 Å². The number of amides is 1. The van der Waals surface area contributed by atoms with E-state index >= 15 is 0 Å². The summed E-state index contributed by atoms with van der Waals surface area (Å²) >= 11 is 0. The number of piperazine rings is 1. The van der Waals surface area contributed by atoms with Crippen molar-refractivity contribution in [1.82, 2.24) is 4.90 Å². The van der Waals surface area contributed by atoms with Crippen LogP contribution in [0, 0.1) is 20.8 Å². The van der Waals surface area contributed by atoms with Crippen LogP contribution in [0.1, 0.15) is 16.7 Å². The van der Waals surface area contributed by atoms with Crippen LogP contribution in [-0.4, -0.2) is 50.7 Å². The third-order valence-corrected chi connectivity index (χ3v) is 5.19. The summed E-state index contributed by atoms with van der Waals surface area (Å²) in [7, 11) is 1.67. The SMILES string of the molecule is COc1ccc(N2CCN(C(=O)COc3cc(C)cc(C)c3C)CC2)cc1. The number of anilines is 1. The highest BCUT2D eigenvalue weighted by molar-refractivity contribution is 5.78. The van der Waals surface area contributed by atoms with E-state index in [0.29, 0.717) is 13.1 Å². The fourth-order valence-corrected chi connectivity index (χ4v) is 3.39. The van der Waals surface area contributed by atoms with Gasteiger partial charge < -0.3 is 19.3 Å². The fraction of sp³-hybridized carbons (Fsp3) is 0.409. The zero-order valence-electron chi connectivity index (χ0n) is 16.6. The van der Waals surface area contributed by atoms with Crippen LogP contribution in [0.25, 0.3) is 0 Å². The highest BCUT2D eigenvalue weighted by atomic mass is 16.5. The van der Waals surface area contributed by atoms with E-state index in [1.807, 2.05) is 36.9 Å². The maximum Gasteiger partial charge on any atom is 0.260 e. The van der Waals surface area contributed by atoms with Crippen molar-refractivity contribution < 1.29 is 14.3 Å². The Balaban J connectivity index is 1.52. The molecule has 0 aliphatic carbocycles. The van der Waals surface area contributed by atoms with E-state index in [0.717, 1.165) is 41.4 Å². The smallest absolute Gasteiger partial charge is 0.260 e. The second-order valence-corrected chi connectivity index (χ2v) is 7.06. The molecule has 0 spiro atoms. The number of nitrogens with zero attached hydrogens (tertiary/aromatic N) is 2. The molecule has 0 N–H and O–H groups in total. The van der Waals surface area contributed by atoms with Gasteiger partial charge in [0.2, 0.25) is 0 Å². The van der Waals surface area contributed by atoms with Crippen molar-refractivity contribution in [3.05, 3.63) is 53.1 Å². The number of rotatable bonds is 5. The van der Waals surface area contributed by atoms with Gasteiger partial charge in [0.15, 0.2) is 6.61 Å². The lowest BCUT2D eigenvalue weighted by atomic mass is 10.1. The lowest BCUT2D eigenvalue weighted by Crippen LogP contribution is -2.50. The predicted molar refractivity (Wildman–Crippen MR) is 108 cm³/mol. The Morgan fingerprint density at radius 3 is 2.30 bits per heavy atom. The van der Waals surface area contributed by atoms with E-state index in [2.05, 4.69) is 30.0 Å². The van der Waals surface area contributed by atoms with E-state index in [-0.39, 0.29) is 12.5 Å². The van der Waals surface area contributed by atoms with Crippen LogP contribution in [0.5, 0.6) is 11.5 Å². The third-order valence-electron chi connectivity index (χ3n) is 5.19. The first-order valence-electron chi connectivity index (χ1n) is 9.35. The first-order chi connectivity index (χ1) is 13.0. The summed E-state index contributed by atoms with van der Waals surface area (Å²) in [6, 6.07) is 12.2. The topological polar surface area (TPSA) is 42.0 Å². The van der Waals surface area contributed by atoms with Crippen molar-refractivity contribution in [1.29, 1.82) is 0 Å². The Bertz CT molecular complexity index is 794. The Morgan fingerprint density at radius 2 is 1.67 bits per heavy atom. The van der Waals surface area contributed by atoms with Crippen molar-refractivity contribution in [2.75, 3.05) is 44.8 Å². The van der Waals surface area contributed by atoms with Crippen molar-refractivity contribution in [3.8, 4) is 11.5 Å². The average Bonchev–Trinajstić information content (AvgIpc) is 2.69. The first kappa shape index (κ1) is 19.1. The Hall–Kier alpha value is -2.69. The van der Waals surface area contributed by atoms with E-state index in [1.54, 1.807) is 7.11 Å². The number of ether oxygens (including phenoxy) is 2. The lowest BCUT2D eigenvalue weighted by molar-refractivity contribution is -0.133. The summed E-state index contributed by atoms with van der Waals surface area (Å²) in [5.41, 5.74) is 4.59. The van der Waals surface area contributed by atoms with E-state index in [1.165, 1.54) is 5.56 Å². The maximum atomic E-state index is 12.5. The molecule has 5 nitrogen and oxygen atoms in total. The van der Waals surface area contributed by atoms with Crippen molar-refractivity contribution in [3.63, 3.8) is 0 Å². The highest BCUT2D eigenvalue weighted by Gasteiger charge is 2.22. The Morgan fingerprint density at radius 1 is 1.00 bits per heavy atom. The van der Waals surface area contributed by atoms with Crippen molar-refractivity contribution >= 4 is 11.6 Å². The molecule has 3 rings (SSSR count). The number of methoxy groups -OCH3 is 1. The molecule has 0 radical (unpaired) electrons. The summed E-state index contributed by atoms with van der Waals surface area (Å²) in [5, 5.41) is 0. The molecule has 2 aromatic carbocycles. The van der Waals surface area contributed by atoms with Crippen LogP contribution in [0.4, 0.5) is 5.69 Å². The van der Waals surface area contributed by atoms with Crippen LogP contribution in [0.3, 0.4) is 0 Å². The largest absolute Gasteiger partial charge is 0.497 e. The summed E-state index contributed by atoms with van der Waals surface area (Å²) in [4.78, 5) is 16.7. The molecule has 0 unspecified atom stereocenters. The van der Waals surface area contributed by atoms with Crippen molar-refractivity contribution in [2.45, 2.75) is 20.8 Å². The second kappa shape index (κ2) is 8.33. The van der Waals surface area contributed by atoms with Gasteiger partial charge >= 0.3 is 0 Å². The number of hydrogen-bond donors (Lipinski definition) is 0. The van der Waals surface area contributed by atoms with Gasteiger partial charge in [-0.2, -0.15) is 0 Å². The standard InChI is InChI=1S/C22H28N2O3/c1-16-13-17(2)18(3)21(14-16)27-15-22(25)24-11-9-23(10-12-24)19-5-7-20(26-4)8-6-19/h5-8,13-14H,9-12,15H2,1-4H3. The zero-order valence-corrected chi connectivity index (χ0v) is 16.6. The predicted octanol–water partition coefficient (Wildman–Crippen LogP) is 3.35.